The smallest absolute Gasteiger partial charge is 0.238 e. The molecule has 106 valence electrons. The number of aliphatic hydroxyl groups excluding tert-OH is 1. The topological polar surface area (TPSA) is 67.3 Å². The molecule has 1 aromatic heterocycles. The van der Waals surface area contributed by atoms with Gasteiger partial charge in [-0.1, -0.05) is 19.1 Å². The Labute approximate surface area is 126 Å². The van der Waals surface area contributed by atoms with Crippen molar-refractivity contribution < 1.29 is 9.84 Å². The van der Waals surface area contributed by atoms with Crippen molar-refractivity contribution >= 4 is 21.9 Å². The maximum absolute atomic E-state index is 9.00. The van der Waals surface area contributed by atoms with Crippen molar-refractivity contribution in [3.05, 3.63) is 40.5 Å². The van der Waals surface area contributed by atoms with E-state index in [1.165, 1.54) is 0 Å². The number of rotatable bonds is 6. The first kappa shape index (κ1) is 14.7. The van der Waals surface area contributed by atoms with E-state index in [1.807, 2.05) is 0 Å². The molecule has 2 aromatic rings. The molecule has 0 bridgehead atoms. The summed E-state index contributed by atoms with van der Waals surface area (Å²) in [6.07, 6.45) is 2.65. The van der Waals surface area contributed by atoms with E-state index in [9.17, 15) is 0 Å². The summed E-state index contributed by atoms with van der Waals surface area (Å²) in [6, 6.07) is 7.19. The summed E-state index contributed by atoms with van der Waals surface area (Å²) in [5.74, 6) is 1.65. The average Bonchev–Trinajstić information content (AvgIpc) is 2.49. The van der Waals surface area contributed by atoms with Crippen LogP contribution >= 0.6 is 15.9 Å². The minimum atomic E-state index is 0.0164. The zero-order valence-electron chi connectivity index (χ0n) is 11.1. The van der Waals surface area contributed by atoms with Crippen LogP contribution in [0.3, 0.4) is 0 Å². The van der Waals surface area contributed by atoms with Gasteiger partial charge in [-0.3, -0.25) is 0 Å². The van der Waals surface area contributed by atoms with Gasteiger partial charge >= 0.3 is 0 Å². The van der Waals surface area contributed by atoms with Crippen LogP contribution in [0.1, 0.15) is 18.9 Å². The van der Waals surface area contributed by atoms with Crippen molar-refractivity contribution in [3.63, 3.8) is 0 Å². The summed E-state index contributed by atoms with van der Waals surface area (Å²) >= 11 is 3.37. The van der Waals surface area contributed by atoms with Gasteiger partial charge in [0.15, 0.2) is 0 Å². The van der Waals surface area contributed by atoms with Gasteiger partial charge < -0.3 is 15.2 Å². The molecule has 2 rings (SSSR count). The standard InChI is InChI=1S/C14H16BrN3O2/c1-2-7-16-14-17-8-12(15)13(18-14)20-11-5-3-10(9-19)4-6-11/h3-6,8,19H,2,7,9H2,1H3,(H,16,17,18). The molecule has 0 radical (unpaired) electrons. The van der Waals surface area contributed by atoms with Crippen molar-refractivity contribution in [2.24, 2.45) is 0 Å². The normalized spacial score (nSPS) is 10.3. The van der Waals surface area contributed by atoms with Crippen LogP contribution in [-0.4, -0.2) is 21.6 Å². The van der Waals surface area contributed by atoms with Gasteiger partial charge in [0.1, 0.15) is 5.75 Å². The van der Waals surface area contributed by atoms with Gasteiger partial charge in [0.05, 0.1) is 17.3 Å². The van der Waals surface area contributed by atoms with Crippen LogP contribution in [0.2, 0.25) is 0 Å². The van der Waals surface area contributed by atoms with Crippen molar-refractivity contribution in [1.82, 2.24) is 9.97 Å². The van der Waals surface area contributed by atoms with Crippen LogP contribution < -0.4 is 10.1 Å². The fourth-order valence-electron chi connectivity index (χ4n) is 1.52. The molecule has 0 aliphatic heterocycles. The summed E-state index contributed by atoms with van der Waals surface area (Å²) in [5.41, 5.74) is 0.837. The number of anilines is 1. The van der Waals surface area contributed by atoms with Crippen molar-refractivity contribution in [2.75, 3.05) is 11.9 Å². The lowest BCUT2D eigenvalue weighted by atomic mass is 10.2. The SMILES string of the molecule is CCCNc1ncc(Br)c(Oc2ccc(CO)cc2)n1. The molecular weight excluding hydrogens is 322 g/mol. The second kappa shape index (κ2) is 7.21. The highest BCUT2D eigenvalue weighted by atomic mass is 79.9. The van der Waals surface area contributed by atoms with Gasteiger partial charge in [0, 0.05) is 6.54 Å². The largest absolute Gasteiger partial charge is 0.438 e. The fraction of sp³-hybridized carbons (Fsp3) is 0.286. The molecule has 2 N–H and O–H groups in total. The number of hydrogen-bond acceptors (Lipinski definition) is 5. The Morgan fingerprint density at radius 1 is 1.30 bits per heavy atom. The second-order valence-corrected chi connectivity index (χ2v) is 5.03. The van der Waals surface area contributed by atoms with Gasteiger partial charge in [-0.05, 0) is 40.0 Å². The first-order chi connectivity index (χ1) is 9.72. The number of aromatic nitrogens is 2. The van der Waals surface area contributed by atoms with Crippen LogP contribution in [0, 0.1) is 0 Å². The number of halogens is 1. The van der Waals surface area contributed by atoms with Crippen LogP contribution in [0.15, 0.2) is 34.9 Å². The van der Waals surface area contributed by atoms with E-state index in [4.69, 9.17) is 9.84 Å². The number of benzene rings is 1. The maximum atomic E-state index is 9.00. The number of nitrogens with one attached hydrogen (secondary N) is 1. The molecule has 0 unspecified atom stereocenters. The molecule has 6 heteroatoms. The first-order valence-electron chi connectivity index (χ1n) is 6.37. The van der Waals surface area contributed by atoms with E-state index in [0.29, 0.717) is 22.1 Å². The Morgan fingerprint density at radius 2 is 2.05 bits per heavy atom. The molecule has 0 atom stereocenters. The number of hydrogen-bond donors (Lipinski definition) is 2. The van der Waals surface area contributed by atoms with E-state index in [1.54, 1.807) is 30.5 Å². The first-order valence-corrected chi connectivity index (χ1v) is 7.16. The molecule has 0 saturated heterocycles. The molecule has 1 aromatic carbocycles. The third kappa shape index (κ3) is 3.91. The average molecular weight is 338 g/mol. The lowest BCUT2D eigenvalue weighted by Crippen LogP contribution is -2.05. The predicted octanol–water partition coefficient (Wildman–Crippen LogP) is 3.35. The van der Waals surface area contributed by atoms with Crippen molar-refractivity contribution in [1.29, 1.82) is 0 Å². The van der Waals surface area contributed by atoms with Gasteiger partial charge in [-0.25, -0.2) is 4.98 Å². The molecule has 0 spiro atoms. The molecule has 0 aliphatic carbocycles. The van der Waals surface area contributed by atoms with E-state index >= 15 is 0 Å². The monoisotopic (exact) mass is 337 g/mol. The summed E-state index contributed by atoms with van der Waals surface area (Å²) in [5, 5.41) is 12.1. The predicted molar refractivity (Wildman–Crippen MR) is 81.0 cm³/mol. The number of aliphatic hydroxyl groups is 1. The molecule has 0 aliphatic rings. The van der Waals surface area contributed by atoms with Gasteiger partial charge in [0.2, 0.25) is 11.8 Å². The Balaban J connectivity index is 2.14. The molecule has 1 heterocycles. The molecule has 0 amide bonds. The van der Waals surface area contributed by atoms with Crippen LogP contribution in [0.25, 0.3) is 0 Å². The molecule has 0 fully saturated rings. The van der Waals surface area contributed by atoms with Gasteiger partial charge in [-0.15, -0.1) is 0 Å². The molecule has 20 heavy (non-hydrogen) atoms. The van der Waals surface area contributed by atoms with E-state index in [0.717, 1.165) is 18.5 Å². The third-order valence-electron chi connectivity index (χ3n) is 2.57. The number of ether oxygens (including phenoxy) is 1. The van der Waals surface area contributed by atoms with E-state index in [2.05, 4.69) is 38.1 Å². The highest BCUT2D eigenvalue weighted by Crippen LogP contribution is 2.28. The minimum Gasteiger partial charge on any atom is -0.438 e. The molecular formula is C14H16BrN3O2. The summed E-state index contributed by atoms with van der Waals surface area (Å²) in [7, 11) is 0. The van der Waals surface area contributed by atoms with Gasteiger partial charge in [-0.2, -0.15) is 4.98 Å². The molecule has 0 saturated carbocycles. The van der Waals surface area contributed by atoms with Crippen molar-refractivity contribution in [2.45, 2.75) is 20.0 Å². The third-order valence-corrected chi connectivity index (χ3v) is 3.11. The Morgan fingerprint density at radius 3 is 2.70 bits per heavy atom. The zero-order chi connectivity index (χ0) is 14.4. The summed E-state index contributed by atoms with van der Waals surface area (Å²) in [6.45, 7) is 2.90. The summed E-state index contributed by atoms with van der Waals surface area (Å²) in [4.78, 5) is 8.47. The Hall–Kier alpha value is -1.66. The minimum absolute atomic E-state index is 0.0164. The fourth-order valence-corrected chi connectivity index (χ4v) is 1.79. The van der Waals surface area contributed by atoms with E-state index in [-0.39, 0.29) is 6.61 Å². The van der Waals surface area contributed by atoms with Crippen LogP contribution in [0.5, 0.6) is 11.6 Å². The van der Waals surface area contributed by atoms with Crippen molar-refractivity contribution in [3.8, 4) is 11.6 Å². The van der Waals surface area contributed by atoms with E-state index < -0.39 is 0 Å². The second-order valence-electron chi connectivity index (χ2n) is 4.18. The quantitative estimate of drug-likeness (QED) is 0.846. The lowest BCUT2D eigenvalue weighted by molar-refractivity contribution is 0.281. The number of nitrogens with zero attached hydrogens (tertiary/aromatic N) is 2. The highest BCUT2D eigenvalue weighted by Gasteiger charge is 2.07. The lowest BCUT2D eigenvalue weighted by Gasteiger charge is -2.09. The Bertz CT molecular complexity index is 561. The zero-order valence-corrected chi connectivity index (χ0v) is 12.7. The summed E-state index contributed by atoms with van der Waals surface area (Å²) < 4.78 is 6.40. The van der Waals surface area contributed by atoms with Crippen LogP contribution in [0.4, 0.5) is 5.95 Å². The van der Waals surface area contributed by atoms with Crippen LogP contribution in [-0.2, 0) is 6.61 Å². The molecule has 5 nitrogen and oxygen atoms in total. The van der Waals surface area contributed by atoms with Gasteiger partial charge in [0.25, 0.3) is 0 Å². The Kier molecular flexibility index (Phi) is 5.31. The highest BCUT2D eigenvalue weighted by molar-refractivity contribution is 9.10. The maximum Gasteiger partial charge on any atom is 0.238 e.